The van der Waals surface area contributed by atoms with E-state index in [4.69, 9.17) is 0 Å². The molecule has 0 saturated heterocycles. The quantitative estimate of drug-likeness (QED) is 0.109. The maximum Gasteiger partial charge on any atom is 0.433 e. The zero-order valence-electron chi connectivity index (χ0n) is 24.7. The summed E-state index contributed by atoms with van der Waals surface area (Å²) in [4.78, 5) is 3.80. The molecule has 1 heterocycles. The number of hydrogen-bond donors (Lipinski definition) is 0. The third-order valence-corrected chi connectivity index (χ3v) is 9.36. The van der Waals surface area contributed by atoms with E-state index in [0.29, 0.717) is 5.56 Å². The van der Waals surface area contributed by atoms with Crippen molar-refractivity contribution in [2.24, 2.45) is 0 Å². The summed E-state index contributed by atoms with van der Waals surface area (Å²) in [7, 11) is 0. The van der Waals surface area contributed by atoms with Crippen molar-refractivity contribution in [3.63, 3.8) is 0 Å². The SMILES string of the molecule is Fc1ccc(-c2ccc3ccc4c(-c5c6ccccc6c(-c6ccc(C(F)(F)F)nc6)c6ccccc56)ccc5ccc2c3c54)cc1. The van der Waals surface area contributed by atoms with Crippen LogP contribution in [0.15, 0.2) is 140 Å². The number of benzene rings is 8. The highest BCUT2D eigenvalue weighted by molar-refractivity contribution is 6.30. The summed E-state index contributed by atoms with van der Waals surface area (Å²) in [5, 5.41) is 10.7. The summed E-state index contributed by atoms with van der Waals surface area (Å²) in [6.07, 6.45) is -3.19. The molecule has 0 aliphatic rings. The molecule has 0 aliphatic carbocycles. The molecule has 0 spiro atoms. The van der Waals surface area contributed by atoms with E-state index in [1.54, 1.807) is 0 Å². The largest absolute Gasteiger partial charge is 0.433 e. The highest BCUT2D eigenvalue weighted by Crippen LogP contribution is 2.48. The van der Waals surface area contributed by atoms with E-state index in [9.17, 15) is 17.6 Å². The van der Waals surface area contributed by atoms with E-state index in [1.807, 2.05) is 48.5 Å². The number of nitrogens with zero attached hydrogens (tertiary/aromatic N) is 1. The average molecular weight is 618 g/mol. The lowest BCUT2D eigenvalue weighted by Gasteiger charge is -2.20. The number of rotatable bonds is 3. The second-order valence-corrected chi connectivity index (χ2v) is 11.9. The summed E-state index contributed by atoms with van der Waals surface area (Å²) < 4.78 is 54.0. The number of fused-ring (bicyclic) bond motifs is 2. The summed E-state index contributed by atoms with van der Waals surface area (Å²) in [6.45, 7) is 0. The van der Waals surface area contributed by atoms with Gasteiger partial charge in [0.15, 0.2) is 0 Å². The number of alkyl halides is 3. The normalized spacial score (nSPS) is 12.3. The molecule has 0 bridgehead atoms. The number of halogens is 4. The van der Waals surface area contributed by atoms with E-state index in [1.165, 1.54) is 24.4 Å². The van der Waals surface area contributed by atoms with Gasteiger partial charge in [-0.05, 0) is 99.9 Å². The molecule has 0 radical (unpaired) electrons. The van der Waals surface area contributed by atoms with Crippen LogP contribution in [0, 0.1) is 5.82 Å². The van der Waals surface area contributed by atoms with Gasteiger partial charge in [-0.1, -0.05) is 115 Å². The Morgan fingerprint density at radius 3 is 1.45 bits per heavy atom. The first-order valence-corrected chi connectivity index (χ1v) is 15.3. The van der Waals surface area contributed by atoms with Crippen LogP contribution in [0.2, 0.25) is 0 Å². The first kappa shape index (κ1) is 27.5. The lowest BCUT2D eigenvalue weighted by atomic mass is 9.83. The molecule has 0 atom stereocenters. The predicted molar refractivity (Wildman–Crippen MR) is 184 cm³/mol. The van der Waals surface area contributed by atoms with Gasteiger partial charge >= 0.3 is 6.18 Å². The fourth-order valence-electron chi connectivity index (χ4n) is 7.34. The van der Waals surface area contributed by atoms with Gasteiger partial charge < -0.3 is 0 Å². The molecule has 1 nitrogen and oxygen atoms in total. The lowest BCUT2D eigenvalue weighted by molar-refractivity contribution is -0.141. The molecule has 8 aromatic carbocycles. The third-order valence-electron chi connectivity index (χ3n) is 9.36. The number of hydrogen-bond acceptors (Lipinski definition) is 1. The minimum Gasteiger partial charge on any atom is -0.251 e. The molecule has 0 N–H and O–H groups in total. The van der Waals surface area contributed by atoms with Crippen LogP contribution in [-0.2, 0) is 6.18 Å². The Hall–Kier alpha value is -5.81. The Morgan fingerprint density at radius 2 is 0.915 bits per heavy atom. The van der Waals surface area contributed by atoms with E-state index >= 15 is 0 Å². The highest BCUT2D eigenvalue weighted by atomic mass is 19.4. The fraction of sp³-hybridized carbons (Fsp3) is 0.0238. The molecule has 0 unspecified atom stereocenters. The van der Waals surface area contributed by atoms with Gasteiger partial charge in [-0.2, -0.15) is 13.2 Å². The molecule has 9 rings (SSSR count). The Morgan fingerprint density at radius 1 is 0.426 bits per heavy atom. The molecule has 224 valence electrons. The van der Waals surface area contributed by atoms with Crippen molar-refractivity contribution in [3.8, 4) is 33.4 Å². The zero-order valence-corrected chi connectivity index (χ0v) is 24.7. The number of aromatic nitrogens is 1. The van der Waals surface area contributed by atoms with Crippen molar-refractivity contribution >= 4 is 53.9 Å². The van der Waals surface area contributed by atoms with Crippen LogP contribution in [0.3, 0.4) is 0 Å². The van der Waals surface area contributed by atoms with Crippen LogP contribution in [0.1, 0.15) is 5.69 Å². The highest BCUT2D eigenvalue weighted by Gasteiger charge is 2.32. The molecule has 47 heavy (non-hydrogen) atoms. The van der Waals surface area contributed by atoms with Crippen molar-refractivity contribution < 1.29 is 17.6 Å². The fourth-order valence-corrected chi connectivity index (χ4v) is 7.34. The molecular weight excluding hydrogens is 594 g/mol. The number of pyridine rings is 1. The monoisotopic (exact) mass is 617 g/mol. The minimum atomic E-state index is -4.51. The summed E-state index contributed by atoms with van der Waals surface area (Å²) in [6, 6.07) is 42.6. The maximum atomic E-state index is 13.8. The Kier molecular flexibility index (Phi) is 5.91. The summed E-state index contributed by atoms with van der Waals surface area (Å²) >= 11 is 0. The van der Waals surface area contributed by atoms with Gasteiger partial charge in [0.05, 0.1) is 0 Å². The van der Waals surface area contributed by atoms with Gasteiger partial charge in [-0.15, -0.1) is 0 Å². The van der Waals surface area contributed by atoms with Crippen LogP contribution in [-0.4, -0.2) is 4.98 Å². The third kappa shape index (κ3) is 4.20. The molecule has 9 aromatic rings. The Balaban J connectivity index is 1.36. The lowest BCUT2D eigenvalue weighted by Crippen LogP contribution is -2.07. The molecule has 5 heteroatoms. The molecule has 0 aliphatic heterocycles. The van der Waals surface area contributed by atoms with Crippen molar-refractivity contribution in [1.82, 2.24) is 4.98 Å². The smallest absolute Gasteiger partial charge is 0.251 e. The molecule has 0 amide bonds. The van der Waals surface area contributed by atoms with Crippen molar-refractivity contribution in [3.05, 3.63) is 151 Å². The van der Waals surface area contributed by atoms with Crippen molar-refractivity contribution in [1.29, 1.82) is 0 Å². The first-order valence-electron chi connectivity index (χ1n) is 15.3. The topological polar surface area (TPSA) is 12.9 Å². The van der Waals surface area contributed by atoms with Crippen LogP contribution >= 0.6 is 0 Å². The van der Waals surface area contributed by atoms with E-state index in [-0.39, 0.29) is 5.82 Å². The Labute approximate surface area is 266 Å². The van der Waals surface area contributed by atoms with Crippen molar-refractivity contribution in [2.75, 3.05) is 0 Å². The molecule has 0 fully saturated rings. The maximum absolute atomic E-state index is 13.8. The van der Waals surface area contributed by atoms with Gasteiger partial charge in [-0.3, -0.25) is 4.98 Å². The van der Waals surface area contributed by atoms with Crippen molar-refractivity contribution in [2.45, 2.75) is 6.18 Å². The predicted octanol–water partition coefficient (Wildman–Crippen LogP) is 12.4. The molecular formula is C42H23F4N. The van der Waals surface area contributed by atoms with Gasteiger partial charge in [0, 0.05) is 11.8 Å². The minimum absolute atomic E-state index is 0.267. The second kappa shape index (κ2) is 10.1. The van der Waals surface area contributed by atoms with Crippen LogP contribution < -0.4 is 0 Å². The first-order chi connectivity index (χ1) is 22.9. The van der Waals surface area contributed by atoms with Crippen LogP contribution in [0.4, 0.5) is 17.6 Å². The molecule has 0 saturated carbocycles. The summed E-state index contributed by atoms with van der Waals surface area (Å²) in [5.74, 6) is -0.267. The standard InChI is InChI=1S/C42H23F4N/c43-28-16-9-24(10-17-28)29-18-11-25-13-20-35-36(21-14-26-12-19-34(29)39(25)40(26)35)41-32-7-3-1-5-30(32)38(31-6-2-4-8-33(31)41)27-15-22-37(47-23-27)42(44,45)46/h1-23H. The zero-order chi connectivity index (χ0) is 31.9. The van der Waals surface area contributed by atoms with E-state index in [0.717, 1.165) is 87.7 Å². The summed E-state index contributed by atoms with van der Waals surface area (Å²) in [5.41, 5.74) is 4.70. The van der Waals surface area contributed by atoms with Gasteiger partial charge in [0.2, 0.25) is 0 Å². The van der Waals surface area contributed by atoms with Gasteiger partial charge in [0.25, 0.3) is 0 Å². The van der Waals surface area contributed by atoms with Gasteiger partial charge in [-0.25, -0.2) is 4.39 Å². The van der Waals surface area contributed by atoms with Crippen LogP contribution in [0.25, 0.3) is 87.2 Å². The van der Waals surface area contributed by atoms with E-state index in [2.05, 4.69) is 65.6 Å². The second-order valence-electron chi connectivity index (χ2n) is 11.9. The Bertz CT molecular complexity index is 2600. The van der Waals surface area contributed by atoms with E-state index < -0.39 is 11.9 Å². The van der Waals surface area contributed by atoms with Crippen LogP contribution in [0.5, 0.6) is 0 Å². The average Bonchev–Trinajstić information content (AvgIpc) is 3.09. The molecule has 1 aromatic heterocycles. The van der Waals surface area contributed by atoms with Gasteiger partial charge in [0.1, 0.15) is 11.5 Å².